The molecule has 1 N–H and O–H groups in total. The van der Waals surface area contributed by atoms with Crippen molar-refractivity contribution in [2.24, 2.45) is 0 Å². The van der Waals surface area contributed by atoms with Crippen molar-refractivity contribution in [2.45, 2.75) is 13.0 Å². The van der Waals surface area contributed by atoms with Crippen molar-refractivity contribution in [3.8, 4) is 5.75 Å². The molecule has 2 aromatic rings. The van der Waals surface area contributed by atoms with Gasteiger partial charge in [0.25, 0.3) is 5.91 Å². The minimum Gasteiger partial charge on any atom is -0.496 e. The fraction of sp³-hybridized carbons (Fsp3) is 0.214. The summed E-state index contributed by atoms with van der Waals surface area (Å²) in [6, 6.07) is 8.55. The van der Waals surface area contributed by atoms with Crippen molar-refractivity contribution in [1.82, 2.24) is 15.5 Å². The molecule has 5 nitrogen and oxygen atoms in total. The first-order valence-electron chi connectivity index (χ1n) is 6.15. The zero-order valence-corrected chi connectivity index (χ0v) is 12.9. The highest BCUT2D eigenvalue weighted by Crippen LogP contribution is 2.25. The lowest BCUT2D eigenvalue weighted by atomic mass is 10.1. The van der Waals surface area contributed by atoms with E-state index in [4.69, 9.17) is 27.9 Å². The minimum atomic E-state index is -0.379. The maximum absolute atomic E-state index is 12.2. The van der Waals surface area contributed by atoms with Gasteiger partial charge in [-0.3, -0.25) is 4.79 Å². The third kappa shape index (κ3) is 3.62. The first kappa shape index (κ1) is 15.5. The van der Waals surface area contributed by atoms with Gasteiger partial charge in [0.05, 0.1) is 18.7 Å². The molecular formula is C14H13Cl2N3O2. The molecule has 0 aliphatic carbocycles. The number of carbonyl (C=O) groups excluding carboxylic acids is 1. The van der Waals surface area contributed by atoms with Crippen molar-refractivity contribution in [1.29, 1.82) is 0 Å². The van der Waals surface area contributed by atoms with Gasteiger partial charge in [-0.1, -0.05) is 41.4 Å². The lowest BCUT2D eigenvalue weighted by Gasteiger charge is -2.17. The van der Waals surface area contributed by atoms with Crippen LogP contribution in [0.25, 0.3) is 0 Å². The van der Waals surface area contributed by atoms with E-state index in [0.29, 0.717) is 5.75 Å². The number of hydrogen-bond donors (Lipinski definition) is 1. The number of ether oxygens (including phenoxy) is 1. The van der Waals surface area contributed by atoms with Crippen LogP contribution < -0.4 is 10.1 Å². The van der Waals surface area contributed by atoms with Crippen molar-refractivity contribution in [3.63, 3.8) is 0 Å². The highest BCUT2D eigenvalue weighted by molar-refractivity contribution is 6.34. The molecule has 1 amide bonds. The highest BCUT2D eigenvalue weighted by atomic mass is 35.5. The second kappa shape index (κ2) is 6.74. The second-order valence-electron chi connectivity index (χ2n) is 4.31. The average Bonchev–Trinajstić information content (AvgIpc) is 2.49. The van der Waals surface area contributed by atoms with Crippen LogP contribution in [0.15, 0.2) is 30.3 Å². The Morgan fingerprint density at radius 3 is 2.71 bits per heavy atom. The van der Waals surface area contributed by atoms with Crippen LogP contribution in [0.1, 0.15) is 28.9 Å². The van der Waals surface area contributed by atoms with Crippen molar-refractivity contribution in [3.05, 3.63) is 51.8 Å². The summed E-state index contributed by atoms with van der Waals surface area (Å²) < 4.78 is 5.28. The molecule has 110 valence electrons. The first-order valence-corrected chi connectivity index (χ1v) is 6.91. The first-order chi connectivity index (χ1) is 10.0. The van der Waals surface area contributed by atoms with Gasteiger partial charge in [0.15, 0.2) is 10.3 Å². The quantitative estimate of drug-likeness (QED) is 0.936. The molecule has 1 atom stereocenters. The molecule has 0 aliphatic heterocycles. The molecule has 0 fully saturated rings. The van der Waals surface area contributed by atoms with Crippen LogP contribution in [0, 0.1) is 0 Å². The van der Waals surface area contributed by atoms with Gasteiger partial charge in [-0.15, -0.1) is 10.2 Å². The van der Waals surface area contributed by atoms with Crippen molar-refractivity contribution in [2.75, 3.05) is 7.11 Å². The molecule has 1 heterocycles. The molecule has 7 heteroatoms. The molecule has 0 bridgehead atoms. The number of nitrogens with zero attached hydrogens (tertiary/aromatic N) is 2. The zero-order chi connectivity index (χ0) is 15.4. The van der Waals surface area contributed by atoms with Crippen LogP contribution in [0.3, 0.4) is 0 Å². The number of rotatable bonds is 4. The van der Waals surface area contributed by atoms with E-state index in [9.17, 15) is 4.79 Å². The lowest BCUT2D eigenvalue weighted by molar-refractivity contribution is 0.0939. The van der Waals surface area contributed by atoms with Gasteiger partial charge in [-0.25, -0.2) is 0 Å². The summed E-state index contributed by atoms with van der Waals surface area (Å²) in [7, 11) is 1.58. The number of nitrogens with one attached hydrogen (secondary N) is 1. The molecular weight excluding hydrogens is 313 g/mol. The number of methoxy groups -OCH3 is 1. The van der Waals surface area contributed by atoms with Crippen LogP contribution in [0.2, 0.25) is 10.3 Å². The number of hydrogen-bond acceptors (Lipinski definition) is 4. The Bertz CT molecular complexity index is 664. The normalized spacial score (nSPS) is 11.8. The smallest absolute Gasteiger partial charge is 0.255 e. The molecule has 1 unspecified atom stereocenters. The molecule has 0 spiro atoms. The number of amides is 1. The summed E-state index contributed by atoms with van der Waals surface area (Å²) >= 11 is 11.6. The number of carbonyl (C=O) groups is 1. The van der Waals surface area contributed by atoms with E-state index < -0.39 is 0 Å². The lowest BCUT2D eigenvalue weighted by Crippen LogP contribution is -2.27. The highest BCUT2D eigenvalue weighted by Gasteiger charge is 2.18. The molecule has 0 saturated carbocycles. The van der Waals surface area contributed by atoms with E-state index >= 15 is 0 Å². The predicted octanol–water partition coefficient (Wildman–Crippen LogP) is 3.28. The maximum atomic E-state index is 12.2. The van der Waals surface area contributed by atoms with E-state index in [1.54, 1.807) is 7.11 Å². The summed E-state index contributed by atoms with van der Waals surface area (Å²) in [5, 5.41) is 10.1. The molecule has 0 radical (unpaired) electrons. The van der Waals surface area contributed by atoms with E-state index in [-0.39, 0.29) is 27.8 Å². The van der Waals surface area contributed by atoms with Gasteiger partial charge in [0.1, 0.15) is 5.75 Å². The predicted molar refractivity (Wildman–Crippen MR) is 80.9 cm³/mol. The molecule has 0 aliphatic rings. The SMILES string of the molecule is COc1ccccc1C(C)NC(=O)c1cc(Cl)nnc1Cl. The summed E-state index contributed by atoms with van der Waals surface area (Å²) in [5.74, 6) is 0.317. The summed E-state index contributed by atoms with van der Waals surface area (Å²) in [6.45, 7) is 1.85. The second-order valence-corrected chi connectivity index (χ2v) is 5.05. The summed E-state index contributed by atoms with van der Waals surface area (Å²) in [5.41, 5.74) is 1.04. The van der Waals surface area contributed by atoms with Crippen LogP contribution in [-0.2, 0) is 0 Å². The van der Waals surface area contributed by atoms with Gasteiger partial charge in [0.2, 0.25) is 0 Å². The van der Waals surface area contributed by atoms with Crippen LogP contribution in [-0.4, -0.2) is 23.2 Å². The van der Waals surface area contributed by atoms with Crippen molar-refractivity contribution < 1.29 is 9.53 Å². The fourth-order valence-corrected chi connectivity index (χ4v) is 2.21. The van der Waals surface area contributed by atoms with Gasteiger partial charge >= 0.3 is 0 Å². The van der Waals surface area contributed by atoms with Gasteiger partial charge in [-0.2, -0.15) is 0 Å². The minimum absolute atomic E-state index is 0.00382. The summed E-state index contributed by atoms with van der Waals surface area (Å²) in [6.07, 6.45) is 0. The average molecular weight is 326 g/mol. The topological polar surface area (TPSA) is 64.1 Å². The fourth-order valence-electron chi connectivity index (χ4n) is 1.89. The van der Waals surface area contributed by atoms with Gasteiger partial charge < -0.3 is 10.1 Å². The standard InChI is InChI=1S/C14H13Cl2N3O2/c1-8(9-5-3-4-6-11(9)21-2)17-14(20)10-7-12(15)18-19-13(10)16/h3-8H,1-2H3,(H,17,20). The van der Waals surface area contributed by atoms with E-state index in [2.05, 4.69) is 15.5 Å². The Hall–Kier alpha value is -1.85. The number of halogens is 2. The van der Waals surface area contributed by atoms with Crippen LogP contribution in [0.4, 0.5) is 0 Å². The van der Waals surface area contributed by atoms with Gasteiger partial charge in [-0.05, 0) is 19.1 Å². The monoisotopic (exact) mass is 325 g/mol. The molecule has 1 aromatic carbocycles. The van der Waals surface area contributed by atoms with Crippen LogP contribution in [0.5, 0.6) is 5.75 Å². The van der Waals surface area contributed by atoms with E-state index in [1.807, 2.05) is 31.2 Å². The number of benzene rings is 1. The molecule has 0 saturated heterocycles. The third-order valence-electron chi connectivity index (χ3n) is 2.92. The van der Waals surface area contributed by atoms with Crippen LogP contribution >= 0.6 is 23.2 Å². The molecule has 1 aromatic heterocycles. The number of para-hydroxylation sites is 1. The zero-order valence-electron chi connectivity index (χ0n) is 11.4. The molecule has 2 rings (SSSR count). The maximum Gasteiger partial charge on any atom is 0.255 e. The Morgan fingerprint density at radius 2 is 2.00 bits per heavy atom. The van der Waals surface area contributed by atoms with E-state index in [1.165, 1.54) is 6.07 Å². The summed E-state index contributed by atoms with van der Waals surface area (Å²) in [4.78, 5) is 12.2. The van der Waals surface area contributed by atoms with E-state index in [0.717, 1.165) is 5.56 Å². The Morgan fingerprint density at radius 1 is 1.29 bits per heavy atom. The molecule has 21 heavy (non-hydrogen) atoms. The Balaban J connectivity index is 2.21. The Labute approximate surface area is 132 Å². The number of aromatic nitrogens is 2. The Kier molecular flexibility index (Phi) is 4.98. The van der Waals surface area contributed by atoms with Gasteiger partial charge in [0, 0.05) is 5.56 Å². The largest absolute Gasteiger partial charge is 0.496 e. The van der Waals surface area contributed by atoms with Crippen molar-refractivity contribution >= 4 is 29.1 Å². The third-order valence-corrected chi connectivity index (χ3v) is 3.38.